The fourth-order valence-electron chi connectivity index (χ4n) is 3.73. The molecule has 2 nitrogen and oxygen atoms in total. The van der Waals surface area contributed by atoms with Crippen molar-refractivity contribution in [2.75, 3.05) is 6.54 Å². The number of hydrogen-bond acceptors (Lipinski definition) is 2. The Balaban J connectivity index is 1.89. The SMILES string of the molecule is CC1NCC2(CCCCC2c2ccccc2)OC1C. The molecular formula is C17H25NO. The van der Waals surface area contributed by atoms with Crippen molar-refractivity contribution >= 4 is 0 Å². The Bertz CT molecular complexity index is 419. The minimum absolute atomic E-state index is 0.0194. The Kier molecular flexibility index (Phi) is 3.64. The third kappa shape index (κ3) is 2.44. The van der Waals surface area contributed by atoms with Gasteiger partial charge in [-0.15, -0.1) is 0 Å². The molecular weight excluding hydrogens is 234 g/mol. The first-order valence-electron chi connectivity index (χ1n) is 7.67. The molecule has 1 aliphatic carbocycles. The maximum atomic E-state index is 6.53. The largest absolute Gasteiger partial charge is 0.368 e. The number of nitrogens with one attached hydrogen (secondary N) is 1. The van der Waals surface area contributed by atoms with Crippen LogP contribution in [0.25, 0.3) is 0 Å². The maximum Gasteiger partial charge on any atom is 0.0878 e. The molecule has 2 aliphatic rings. The highest BCUT2D eigenvalue weighted by Crippen LogP contribution is 2.45. The van der Waals surface area contributed by atoms with Gasteiger partial charge in [0.2, 0.25) is 0 Å². The number of hydrogen-bond donors (Lipinski definition) is 1. The normalized spacial score (nSPS) is 39.4. The molecule has 19 heavy (non-hydrogen) atoms. The fourth-order valence-corrected chi connectivity index (χ4v) is 3.73. The van der Waals surface area contributed by atoms with Crippen molar-refractivity contribution in [3.63, 3.8) is 0 Å². The number of rotatable bonds is 1. The van der Waals surface area contributed by atoms with E-state index in [1.165, 1.54) is 31.2 Å². The molecule has 1 saturated heterocycles. The lowest BCUT2D eigenvalue weighted by Gasteiger charge is -2.50. The average molecular weight is 259 g/mol. The molecule has 0 aromatic heterocycles. The van der Waals surface area contributed by atoms with Crippen molar-refractivity contribution in [2.24, 2.45) is 0 Å². The first-order valence-corrected chi connectivity index (χ1v) is 7.67. The van der Waals surface area contributed by atoms with Crippen LogP contribution in [0.3, 0.4) is 0 Å². The van der Waals surface area contributed by atoms with Crippen molar-refractivity contribution in [3.05, 3.63) is 35.9 Å². The summed E-state index contributed by atoms with van der Waals surface area (Å²) in [6.07, 6.45) is 5.38. The van der Waals surface area contributed by atoms with Gasteiger partial charge in [-0.3, -0.25) is 0 Å². The molecule has 1 aromatic carbocycles. The Hall–Kier alpha value is -0.860. The Morgan fingerprint density at radius 3 is 2.68 bits per heavy atom. The summed E-state index contributed by atoms with van der Waals surface area (Å²) in [5, 5.41) is 3.67. The van der Waals surface area contributed by atoms with E-state index in [2.05, 4.69) is 49.5 Å². The van der Waals surface area contributed by atoms with Gasteiger partial charge in [0.15, 0.2) is 0 Å². The van der Waals surface area contributed by atoms with Crippen molar-refractivity contribution in [1.29, 1.82) is 0 Å². The van der Waals surface area contributed by atoms with E-state index in [4.69, 9.17) is 4.74 Å². The monoisotopic (exact) mass is 259 g/mol. The minimum Gasteiger partial charge on any atom is -0.368 e. The van der Waals surface area contributed by atoms with Crippen LogP contribution in [-0.4, -0.2) is 24.3 Å². The van der Waals surface area contributed by atoms with E-state index in [1.54, 1.807) is 0 Å². The van der Waals surface area contributed by atoms with Gasteiger partial charge in [0, 0.05) is 18.5 Å². The van der Waals surface area contributed by atoms with Crippen molar-refractivity contribution < 1.29 is 4.74 Å². The highest BCUT2D eigenvalue weighted by molar-refractivity contribution is 5.25. The number of benzene rings is 1. The first kappa shape index (κ1) is 13.1. The van der Waals surface area contributed by atoms with Gasteiger partial charge in [-0.25, -0.2) is 0 Å². The van der Waals surface area contributed by atoms with Gasteiger partial charge in [0.25, 0.3) is 0 Å². The first-order chi connectivity index (χ1) is 9.21. The third-order valence-electron chi connectivity index (χ3n) is 5.03. The van der Waals surface area contributed by atoms with Crippen LogP contribution in [0.2, 0.25) is 0 Å². The van der Waals surface area contributed by atoms with Crippen molar-refractivity contribution in [1.82, 2.24) is 5.32 Å². The Morgan fingerprint density at radius 2 is 1.95 bits per heavy atom. The lowest BCUT2D eigenvalue weighted by atomic mass is 9.71. The zero-order chi connectivity index (χ0) is 13.3. The van der Waals surface area contributed by atoms with Crippen LogP contribution in [0, 0.1) is 0 Å². The Labute approximate surface area is 116 Å². The summed E-state index contributed by atoms with van der Waals surface area (Å²) in [5.74, 6) is 0.546. The van der Waals surface area contributed by atoms with E-state index in [-0.39, 0.29) is 5.60 Å². The Morgan fingerprint density at radius 1 is 1.16 bits per heavy atom. The van der Waals surface area contributed by atoms with E-state index >= 15 is 0 Å². The topological polar surface area (TPSA) is 21.3 Å². The van der Waals surface area contributed by atoms with Crippen molar-refractivity contribution in [3.8, 4) is 0 Å². The molecule has 4 atom stereocenters. The summed E-state index contributed by atoms with van der Waals surface area (Å²) >= 11 is 0. The zero-order valence-electron chi connectivity index (χ0n) is 12.1. The van der Waals surface area contributed by atoms with Crippen molar-refractivity contribution in [2.45, 2.75) is 63.2 Å². The molecule has 104 valence electrons. The van der Waals surface area contributed by atoms with Crippen LogP contribution in [0.1, 0.15) is 51.0 Å². The molecule has 1 N–H and O–H groups in total. The second kappa shape index (κ2) is 5.26. The van der Waals surface area contributed by atoms with Gasteiger partial charge in [0.05, 0.1) is 11.7 Å². The van der Waals surface area contributed by atoms with Gasteiger partial charge in [-0.1, -0.05) is 43.2 Å². The highest BCUT2D eigenvalue weighted by atomic mass is 16.5. The molecule has 1 spiro atoms. The highest BCUT2D eigenvalue weighted by Gasteiger charge is 2.46. The zero-order valence-corrected chi connectivity index (χ0v) is 12.1. The summed E-state index contributed by atoms with van der Waals surface area (Å²) in [5.41, 5.74) is 1.47. The summed E-state index contributed by atoms with van der Waals surface area (Å²) in [7, 11) is 0. The minimum atomic E-state index is 0.0194. The number of morpholine rings is 1. The molecule has 0 bridgehead atoms. The predicted octanol–water partition coefficient (Wildman–Crippen LogP) is 3.48. The summed E-state index contributed by atoms with van der Waals surface area (Å²) in [6, 6.07) is 11.4. The molecule has 3 rings (SSSR count). The van der Waals surface area contributed by atoms with Crippen LogP contribution in [0.15, 0.2) is 30.3 Å². The van der Waals surface area contributed by atoms with Gasteiger partial charge >= 0.3 is 0 Å². The molecule has 2 fully saturated rings. The third-order valence-corrected chi connectivity index (χ3v) is 5.03. The van der Waals surface area contributed by atoms with E-state index in [0.717, 1.165) is 6.54 Å². The maximum absolute atomic E-state index is 6.53. The lowest BCUT2D eigenvalue weighted by Crippen LogP contribution is -2.60. The van der Waals surface area contributed by atoms with E-state index in [9.17, 15) is 0 Å². The van der Waals surface area contributed by atoms with Crippen LogP contribution >= 0.6 is 0 Å². The predicted molar refractivity (Wildman–Crippen MR) is 78.4 cm³/mol. The van der Waals surface area contributed by atoms with Gasteiger partial charge in [-0.05, 0) is 32.3 Å². The summed E-state index contributed by atoms with van der Waals surface area (Å²) in [6.45, 7) is 5.42. The van der Waals surface area contributed by atoms with E-state index in [0.29, 0.717) is 18.1 Å². The molecule has 1 heterocycles. The number of ether oxygens (including phenoxy) is 1. The molecule has 0 radical (unpaired) electrons. The molecule has 1 aliphatic heterocycles. The average Bonchev–Trinajstić information content (AvgIpc) is 2.45. The molecule has 0 amide bonds. The van der Waals surface area contributed by atoms with Crippen LogP contribution in [-0.2, 0) is 4.74 Å². The van der Waals surface area contributed by atoms with Crippen LogP contribution in [0.5, 0.6) is 0 Å². The second-order valence-corrected chi connectivity index (χ2v) is 6.27. The van der Waals surface area contributed by atoms with E-state index < -0.39 is 0 Å². The summed E-state index contributed by atoms with van der Waals surface area (Å²) < 4.78 is 6.53. The second-order valence-electron chi connectivity index (χ2n) is 6.27. The smallest absolute Gasteiger partial charge is 0.0878 e. The van der Waals surface area contributed by atoms with Crippen LogP contribution < -0.4 is 5.32 Å². The fraction of sp³-hybridized carbons (Fsp3) is 0.647. The molecule has 1 aromatic rings. The van der Waals surface area contributed by atoms with Gasteiger partial charge in [-0.2, -0.15) is 0 Å². The van der Waals surface area contributed by atoms with Crippen LogP contribution in [0.4, 0.5) is 0 Å². The van der Waals surface area contributed by atoms with Gasteiger partial charge in [0.1, 0.15) is 0 Å². The lowest BCUT2D eigenvalue weighted by molar-refractivity contribution is -0.152. The molecule has 1 saturated carbocycles. The van der Waals surface area contributed by atoms with E-state index in [1.807, 2.05) is 0 Å². The summed E-state index contributed by atoms with van der Waals surface area (Å²) in [4.78, 5) is 0. The quantitative estimate of drug-likeness (QED) is 0.833. The van der Waals surface area contributed by atoms with Gasteiger partial charge < -0.3 is 10.1 Å². The standard InChI is InChI=1S/C17H25NO/c1-13-14(2)19-17(12-18-13)11-7-6-10-16(17)15-8-4-3-5-9-15/h3-5,8-9,13-14,16,18H,6-7,10-12H2,1-2H3. The molecule has 2 heteroatoms. The molecule has 4 unspecified atom stereocenters.